The van der Waals surface area contributed by atoms with Crippen LogP contribution in [0.4, 0.5) is 14.5 Å². The first-order valence-electron chi connectivity index (χ1n) is 9.35. The van der Waals surface area contributed by atoms with Crippen LogP contribution >= 0.6 is 11.3 Å². The van der Waals surface area contributed by atoms with Crippen LogP contribution in [0.5, 0.6) is 0 Å². The van der Waals surface area contributed by atoms with Crippen molar-refractivity contribution in [2.45, 2.75) is 13.3 Å². The lowest BCUT2D eigenvalue weighted by molar-refractivity contribution is -0.136. The van der Waals surface area contributed by atoms with Crippen molar-refractivity contribution >= 4 is 33.8 Å². The summed E-state index contributed by atoms with van der Waals surface area (Å²) in [5.41, 5.74) is 2.00. The van der Waals surface area contributed by atoms with Crippen molar-refractivity contribution in [2.24, 2.45) is 0 Å². The van der Waals surface area contributed by atoms with E-state index in [1.807, 2.05) is 5.38 Å². The van der Waals surface area contributed by atoms with Crippen molar-refractivity contribution in [3.05, 3.63) is 70.7 Å². The maximum atomic E-state index is 13.6. The number of halogens is 2. The van der Waals surface area contributed by atoms with Gasteiger partial charge in [-0.2, -0.15) is 4.98 Å². The first-order chi connectivity index (χ1) is 14.9. The molecule has 0 aliphatic carbocycles. The van der Waals surface area contributed by atoms with Gasteiger partial charge in [0.25, 0.3) is 0 Å². The molecule has 0 aliphatic heterocycles. The van der Waals surface area contributed by atoms with Crippen molar-refractivity contribution in [3.8, 4) is 11.4 Å². The molecule has 0 unspecified atom stereocenters. The monoisotopic (exact) mass is 441 g/mol. The smallest absolute Gasteiger partial charge is 0.313 e. The van der Waals surface area contributed by atoms with E-state index in [-0.39, 0.29) is 18.0 Å². The van der Waals surface area contributed by atoms with Gasteiger partial charge >= 0.3 is 11.8 Å². The summed E-state index contributed by atoms with van der Waals surface area (Å²) in [6.07, 6.45) is 0.407. The first-order valence-corrected chi connectivity index (χ1v) is 10.2. The molecule has 2 heterocycles. The lowest BCUT2D eigenvalue weighted by atomic mass is 10.2. The van der Waals surface area contributed by atoms with Crippen molar-refractivity contribution in [1.82, 2.24) is 19.9 Å². The minimum Gasteiger partial charge on any atom is -0.347 e. The maximum absolute atomic E-state index is 13.6. The van der Waals surface area contributed by atoms with Gasteiger partial charge in [-0.3, -0.25) is 9.59 Å². The SMILES string of the molecule is Cc1ccc(NC(=O)C(=O)NCCc2csc3nc(-c4cccc(F)c4)nn23)cc1F. The van der Waals surface area contributed by atoms with E-state index >= 15 is 0 Å². The van der Waals surface area contributed by atoms with Gasteiger partial charge in [-0.15, -0.1) is 16.4 Å². The van der Waals surface area contributed by atoms with Gasteiger partial charge in [0.15, 0.2) is 5.82 Å². The summed E-state index contributed by atoms with van der Waals surface area (Å²) in [6, 6.07) is 10.2. The molecular formula is C21H17F2N5O2S. The van der Waals surface area contributed by atoms with Crippen LogP contribution in [0.1, 0.15) is 11.3 Å². The average molecular weight is 441 g/mol. The van der Waals surface area contributed by atoms with Crippen LogP contribution in [0, 0.1) is 18.6 Å². The Bertz CT molecular complexity index is 1280. The van der Waals surface area contributed by atoms with Crippen molar-refractivity contribution in [3.63, 3.8) is 0 Å². The highest BCUT2D eigenvalue weighted by Crippen LogP contribution is 2.21. The third-order valence-corrected chi connectivity index (χ3v) is 5.40. The van der Waals surface area contributed by atoms with Crippen LogP contribution in [0.25, 0.3) is 16.3 Å². The molecule has 0 saturated carbocycles. The molecule has 0 spiro atoms. The van der Waals surface area contributed by atoms with Gasteiger partial charge in [-0.1, -0.05) is 18.2 Å². The highest BCUT2D eigenvalue weighted by Gasteiger charge is 2.15. The number of nitrogens with zero attached hydrogens (tertiary/aromatic N) is 3. The zero-order valence-corrected chi connectivity index (χ0v) is 17.2. The molecule has 2 aromatic carbocycles. The summed E-state index contributed by atoms with van der Waals surface area (Å²) in [6.45, 7) is 1.79. The molecule has 7 nitrogen and oxygen atoms in total. The number of anilines is 1. The quantitative estimate of drug-likeness (QED) is 0.465. The fourth-order valence-corrected chi connectivity index (χ4v) is 3.75. The number of thiazole rings is 1. The van der Waals surface area contributed by atoms with E-state index in [0.29, 0.717) is 28.3 Å². The summed E-state index contributed by atoms with van der Waals surface area (Å²) in [4.78, 5) is 29.1. The van der Waals surface area contributed by atoms with Crippen LogP contribution < -0.4 is 10.6 Å². The number of amides is 2. The van der Waals surface area contributed by atoms with Crippen molar-refractivity contribution < 1.29 is 18.4 Å². The normalized spacial score (nSPS) is 10.9. The molecule has 2 N–H and O–H groups in total. The standard InChI is InChI=1S/C21H17F2N5O2S/c1-12-5-6-15(10-17(12)23)25-20(30)19(29)24-8-7-16-11-31-21-26-18(27-28(16)21)13-3-2-4-14(22)9-13/h2-6,9-11H,7-8H2,1H3,(H,24,29)(H,25,30). The molecule has 10 heteroatoms. The topological polar surface area (TPSA) is 88.4 Å². The lowest BCUT2D eigenvalue weighted by Gasteiger charge is -2.07. The van der Waals surface area contributed by atoms with Gasteiger partial charge in [0.2, 0.25) is 4.96 Å². The maximum Gasteiger partial charge on any atom is 0.313 e. The Balaban J connectivity index is 1.36. The van der Waals surface area contributed by atoms with E-state index in [1.54, 1.807) is 23.6 Å². The van der Waals surface area contributed by atoms with Crippen LogP contribution in [0.15, 0.2) is 47.8 Å². The number of carbonyl (C=O) groups is 2. The third kappa shape index (κ3) is 4.58. The molecule has 2 amide bonds. The van der Waals surface area contributed by atoms with E-state index in [1.165, 1.54) is 35.6 Å². The largest absolute Gasteiger partial charge is 0.347 e. The van der Waals surface area contributed by atoms with E-state index in [9.17, 15) is 18.4 Å². The van der Waals surface area contributed by atoms with Crippen molar-refractivity contribution in [2.75, 3.05) is 11.9 Å². The van der Waals surface area contributed by atoms with Crippen molar-refractivity contribution in [1.29, 1.82) is 0 Å². The molecule has 0 radical (unpaired) electrons. The minimum absolute atomic E-state index is 0.190. The van der Waals surface area contributed by atoms with Gasteiger partial charge in [-0.05, 0) is 36.8 Å². The zero-order chi connectivity index (χ0) is 22.0. The summed E-state index contributed by atoms with van der Waals surface area (Å²) < 4.78 is 28.6. The molecule has 4 rings (SSSR count). The fraction of sp³-hybridized carbons (Fsp3) is 0.143. The Morgan fingerprint density at radius 3 is 2.74 bits per heavy atom. The van der Waals surface area contributed by atoms with E-state index in [2.05, 4.69) is 20.7 Å². The highest BCUT2D eigenvalue weighted by atomic mass is 32.1. The average Bonchev–Trinajstić information content (AvgIpc) is 3.32. The molecule has 0 saturated heterocycles. The summed E-state index contributed by atoms with van der Waals surface area (Å²) >= 11 is 1.37. The van der Waals surface area contributed by atoms with Gasteiger partial charge < -0.3 is 10.6 Å². The number of hydrogen-bond donors (Lipinski definition) is 2. The lowest BCUT2D eigenvalue weighted by Crippen LogP contribution is -2.36. The summed E-state index contributed by atoms with van der Waals surface area (Å²) in [5.74, 6) is -2.14. The Kier molecular flexibility index (Phi) is 5.72. The highest BCUT2D eigenvalue weighted by molar-refractivity contribution is 7.15. The van der Waals surface area contributed by atoms with Gasteiger partial charge in [0, 0.05) is 29.6 Å². The molecule has 158 valence electrons. The molecule has 0 bridgehead atoms. The van der Waals surface area contributed by atoms with E-state index in [4.69, 9.17) is 0 Å². The number of hydrogen-bond acceptors (Lipinski definition) is 5. The van der Waals surface area contributed by atoms with Crippen LogP contribution in [-0.2, 0) is 16.0 Å². The van der Waals surface area contributed by atoms with Crippen LogP contribution in [0.3, 0.4) is 0 Å². The number of rotatable bonds is 5. The first kappa shape index (κ1) is 20.6. The van der Waals surface area contributed by atoms with Crippen LogP contribution in [-0.4, -0.2) is 33.0 Å². The Labute approximate surface area is 179 Å². The summed E-state index contributed by atoms with van der Waals surface area (Å²) in [5, 5.41) is 11.2. The van der Waals surface area contributed by atoms with Gasteiger partial charge in [0.05, 0.1) is 5.69 Å². The molecule has 4 aromatic rings. The van der Waals surface area contributed by atoms with Gasteiger partial charge in [0.1, 0.15) is 11.6 Å². The zero-order valence-electron chi connectivity index (χ0n) is 16.4. The van der Waals surface area contributed by atoms with Gasteiger partial charge in [-0.25, -0.2) is 13.3 Å². The molecule has 0 aliphatic rings. The number of aryl methyl sites for hydroxylation is 1. The Hall–Kier alpha value is -3.66. The second-order valence-corrected chi connectivity index (χ2v) is 7.63. The predicted molar refractivity (Wildman–Crippen MR) is 113 cm³/mol. The molecule has 31 heavy (non-hydrogen) atoms. The summed E-state index contributed by atoms with van der Waals surface area (Å²) in [7, 11) is 0. The van der Waals surface area contributed by atoms with E-state index < -0.39 is 17.6 Å². The number of benzene rings is 2. The third-order valence-electron chi connectivity index (χ3n) is 4.54. The Morgan fingerprint density at radius 2 is 1.97 bits per heavy atom. The number of nitrogens with one attached hydrogen (secondary N) is 2. The second kappa shape index (κ2) is 8.60. The molecule has 0 atom stereocenters. The Morgan fingerprint density at radius 1 is 1.13 bits per heavy atom. The molecule has 0 fully saturated rings. The van der Waals surface area contributed by atoms with Crippen LogP contribution in [0.2, 0.25) is 0 Å². The fourth-order valence-electron chi connectivity index (χ4n) is 2.89. The number of aromatic nitrogens is 3. The second-order valence-electron chi connectivity index (χ2n) is 6.79. The molecular weight excluding hydrogens is 424 g/mol. The predicted octanol–water partition coefficient (Wildman–Crippen LogP) is 3.34. The minimum atomic E-state index is -0.882. The van der Waals surface area contributed by atoms with E-state index in [0.717, 1.165) is 11.8 Å². The number of fused-ring (bicyclic) bond motifs is 1. The number of carbonyl (C=O) groups excluding carboxylic acids is 2. The molecule has 2 aromatic heterocycles.